The molecule has 1 aromatic carbocycles. The number of aromatic nitrogens is 3. The maximum absolute atomic E-state index is 12.5. The Morgan fingerprint density at radius 1 is 1.27 bits per heavy atom. The van der Waals surface area contributed by atoms with Crippen molar-refractivity contribution in [3.05, 3.63) is 52.8 Å². The van der Waals surface area contributed by atoms with Crippen molar-refractivity contribution in [2.45, 2.75) is 39.5 Å². The zero-order chi connectivity index (χ0) is 18.7. The predicted octanol–water partition coefficient (Wildman–Crippen LogP) is 4.80. The summed E-state index contributed by atoms with van der Waals surface area (Å²) in [4.78, 5) is 17.1. The molecule has 26 heavy (non-hydrogen) atoms. The fraction of sp³-hybridized carbons (Fsp3) is 0.350. The number of fused-ring (bicyclic) bond motifs is 1. The first-order valence-corrected chi connectivity index (χ1v) is 9.22. The largest absolute Gasteiger partial charge is 0.466 e. The molecule has 6 heteroatoms. The molecule has 2 heterocycles. The molecule has 1 atom stereocenters. The third-order valence-electron chi connectivity index (χ3n) is 4.34. The molecule has 3 rings (SSSR count). The number of nitrogens with zero attached hydrogens (tertiary/aromatic N) is 3. The van der Waals surface area contributed by atoms with Gasteiger partial charge in [-0.2, -0.15) is 5.10 Å². The lowest BCUT2D eigenvalue weighted by Crippen LogP contribution is -2.19. The van der Waals surface area contributed by atoms with Crippen molar-refractivity contribution in [2.24, 2.45) is 0 Å². The van der Waals surface area contributed by atoms with E-state index in [0.29, 0.717) is 29.4 Å². The summed E-state index contributed by atoms with van der Waals surface area (Å²) < 4.78 is 6.86. The summed E-state index contributed by atoms with van der Waals surface area (Å²) in [6, 6.07) is 11.8. The summed E-state index contributed by atoms with van der Waals surface area (Å²) in [5.74, 6) is -0.704. The Hall–Kier alpha value is -2.40. The van der Waals surface area contributed by atoms with Gasteiger partial charge in [-0.3, -0.25) is 4.79 Å². The van der Waals surface area contributed by atoms with Crippen LogP contribution in [0.25, 0.3) is 16.9 Å². The number of carbonyl (C=O) groups is 1. The van der Waals surface area contributed by atoms with E-state index in [9.17, 15) is 4.79 Å². The zero-order valence-corrected chi connectivity index (χ0v) is 16.0. The Morgan fingerprint density at radius 3 is 2.65 bits per heavy atom. The van der Waals surface area contributed by atoms with Gasteiger partial charge in [0.25, 0.3) is 0 Å². The van der Waals surface area contributed by atoms with Gasteiger partial charge in [0, 0.05) is 22.9 Å². The minimum Gasteiger partial charge on any atom is -0.466 e. The topological polar surface area (TPSA) is 56.5 Å². The summed E-state index contributed by atoms with van der Waals surface area (Å²) >= 11 is 6.68. The monoisotopic (exact) mass is 371 g/mol. The van der Waals surface area contributed by atoms with E-state index >= 15 is 0 Å². The molecule has 2 aromatic heterocycles. The number of aryl methyl sites for hydroxylation is 1. The maximum Gasteiger partial charge on any atom is 0.313 e. The number of carbonyl (C=O) groups excluding carboxylic acids is 1. The Morgan fingerprint density at radius 2 is 2.00 bits per heavy atom. The van der Waals surface area contributed by atoms with Gasteiger partial charge in [0.15, 0.2) is 5.65 Å². The molecule has 0 aliphatic carbocycles. The van der Waals surface area contributed by atoms with E-state index in [1.165, 1.54) is 0 Å². The van der Waals surface area contributed by atoms with Gasteiger partial charge in [-0.25, -0.2) is 9.50 Å². The highest BCUT2D eigenvalue weighted by Gasteiger charge is 2.28. The van der Waals surface area contributed by atoms with Crippen molar-refractivity contribution in [2.75, 3.05) is 6.61 Å². The number of rotatable bonds is 6. The van der Waals surface area contributed by atoms with Crippen molar-refractivity contribution in [3.63, 3.8) is 0 Å². The van der Waals surface area contributed by atoms with Crippen LogP contribution in [0, 0.1) is 6.92 Å². The molecule has 0 amide bonds. The van der Waals surface area contributed by atoms with Crippen LogP contribution >= 0.6 is 11.6 Å². The first-order chi connectivity index (χ1) is 12.6. The second kappa shape index (κ2) is 7.87. The van der Waals surface area contributed by atoms with Gasteiger partial charge in [0.1, 0.15) is 5.15 Å². The highest BCUT2D eigenvalue weighted by atomic mass is 35.5. The second-order valence-electron chi connectivity index (χ2n) is 6.16. The molecule has 1 unspecified atom stereocenters. The van der Waals surface area contributed by atoms with Crippen LogP contribution in [0.1, 0.15) is 43.9 Å². The molecule has 136 valence electrons. The summed E-state index contributed by atoms with van der Waals surface area (Å²) in [7, 11) is 0. The van der Waals surface area contributed by atoms with Crippen LogP contribution in [-0.2, 0) is 9.53 Å². The zero-order valence-electron chi connectivity index (χ0n) is 15.2. The van der Waals surface area contributed by atoms with Gasteiger partial charge < -0.3 is 4.74 Å². The van der Waals surface area contributed by atoms with Gasteiger partial charge >= 0.3 is 5.97 Å². The number of hydrogen-bond donors (Lipinski definition) is 0. The molecule has 0 fully saturated rings. The standard InChI is InChI=1S/C20H22ClN3O2/c1-4-9-15(20(25)26-5-2)18-13(3)22-17-12-16(23-24(17)19(18)21)14-10-7-6-8-11-14/h6-8,10-12,15H,4-5,9H2,1-3H3. The average Bonchev–Trinajstić information content (AvgIpc) is 3.06. The maximum atomic E-state index is 12.5. The quantitative estimate of drug-likeness (QED) is 0.461. The molecule has 3 aromatic rings. The number of ether oxygens (including phenoxy) is 1. The number of benzene rings is 1. The SMILES string of the molecule is CCCC(C(=O)OCC)c1c(C)nc2cc(-c3ccccc3)nn2c1Cl. The number of hydrogen-bond acceptors (Lipinski definition) is 4. The fourth-order valence-electron chi connectivity index (χ4n) is 3.15. The Labute approximate surface area is 158 Å². The molecule has 0 spiro atoms. The molecule has 0 bridgehead atoms. The normalized spacial score (nSPS) is 12.3. The van der Waals surface area contributed by atoms with Gasteiger partial charge in [-0.15, -0.1) is 0 Å². The van der Waals surface area contributed by atoms with Gasteiger partial charge in [-0.1, -0.05) is 55.3 Å². The van der Waals surface area contributed by atoms with Gasteiger partial charge in [0.2, 0.25) is 0 Å². The van der Waals surface area contributed by atoms with Crippen molar-refractivity contribution in [1.29, 1.82) is 0 Å². The minimum atomic E-state index is -0.436. The van der Waals surface area contributed by atoms with Crippen molar-refractivity contribution >= 4 is 23.2 Å². The van der Waals surface area contributed by atoms with Crippen molar-refractivity contribution in [1.82, 2.24) is 14.6 Å². The van der Waals surface area contributed by atoms with E-state index in [1.807, 2.05) is 50.2 Å². The molecule has 0 saturated carbocycles. The second-order valence-corrected chi connectivity index (χ2v) is 6.52. The molecule has 0 radical (unpaired) electrons. The van der Waals surface area contributed by atoms with Gasteiger partial charge in [0.05, 0.1) is 18.2 Å². The van der Waals surface area contributed by atoms with Crippen LogP contribution in [0.2, 0.25) is 5.15 Å². The molecule has 5 nitrogen and oxygen atoms in total. The van der Waals surface area contributed by atoms with Crippen molar-refractivity contribution < 1.29 is 9.53 Å². The van der Waals surface area contributed by atoms with Crippen LogP contribution in [0.4, 0.5) is 0 Å². The predicted molar refractivity (Wildman–Crippen MR) is 102 cm³/mol. The molecule has 0 aliphatic rings. The highest BCUT2D eigenvalue weighted by Crippen LogP contribution is 2.33. The lowest BCUT2D eigenvalue weighted by Gasteiger charge is -2.18. The smallest absolute Gasteiger partial charge is 0.313 e. The number of esters is 1. The summed E-state index contributed by atoms with van der Waals surface area (Å²) in [6.45, 7) is 6.04. The van der Waals surface area contributed by atoms with Crippen LogP contribution < -0.4 is 0 Å². The first-order valence-electron chi connectivity index (χ1n) is 8.84. The Kier molecular flexibility index (Phi) is 5.57. The molecular weight excluding hydrogens is 350 g/mol. The summed E-state index contributed by atoms with van der Waals surface area (Å²) in [5, 5.41) is 5.02. The van der Waals surface area contributed by atoms with Crippen LogP contribution in [-0.4, -0.2) is 27.2 Å². The van der Waals surface area contributed by atoms with Gasteiger partial charge in [-0.05, 0) is 20.3 Å². The van der Waals surface area contributed by atoms with Crippen LogP contribution in [0.5, 0.6) is 0 Å². The highest BCUT2D eigenvalue weighted by molar-refractivity contribution is 6.30. The Balaban J connectivity index is 2.13. The molecule has 0 N–H and O–H groups in total. The minimum absolute atomic E-state index is 0.268. The first kappa shape index (κ1) is 18.4. The lowest BCUT2D eigenvalue weighted by atomic mass is 9.94. The van der Waals surface area contributed by atoms with E-state index in [2.05, 4.69) is 10.1 Å². The molecule has 0 aliphatic heterocycles. The lowest BCUT2D eigenvalue weighted by molar-refractivity contribution is -0.145. The third-order valence-corrected chi connectivity index (χ3v) is 4.70. The van der Waals surface area contributed by atoms with Crippen molar-refractivity contribution in [3.8, 4) is 11.3 Å². The Bertz CT molecular complexity index is 922. The van der Waals surface area contributed by atoms with E-state index in [4.69, 9.17) is 16.3 Å². The van der Waals surface area contributed by atoms with Crippen LogP contribution in [0.15, 0.2) is 36.4 Å². The average molecular weight is 372 g/mol. The van der Waals surface area contributed by atoms with E-state index in [1.54, 1.807) is 11.4 Å². The fourth-order valence-corrected chi connectivity index (χ4v) is 3.54. The summed E-state index contributed by atoms with van der Waals surface area (Å²) in [6.07, 6.45) is 1.49. The molecular formula is C20H22ClN3O2. The van der Waals surface area contributed by atoms with E-state index in [-0.39, 0.29) is 5.97 Å². The summed E-state index contributed by atoms with van der Waals surface area (Å²) in [5.41, 5.74) is 3.87. The number of halogens is 1. The third kappa shape index (κ3) is 3.44. The molecule has 0 saturated heterocycles. The van der Waals surface area contributed by atoms with E-state index in [0.717, 1.165) is 23.4 Å². The van der Waals surface area contributed by atoms with E-state index < -0.39 is 5.92 Å². The van der Waals surface area contributed by atoms with Crippen LogP contribution in [0.3, 0.4) is 0 Å².